The van der Waals surface area contributed by atoms with E-state index in [2.05, 4.69) is 15.5 Å². The molecule has 0 atom stereocenters. The first kappa shape index (κ1) is 23.7. The molecule has 10 heteroatoms. The molecular formula is C25H22N4O5S. The van der Waals surface area contributed by atoms with E-state index >= 15 is 0 Å². The molecule has 0 saturated carbocycles. The predicted octanol–water partition coefficient (Wildman–Crippen LogP) is 3.52. The third-order valence-corrected chi connectivity index (χ3v) is 7.07. The average molecular weight is 491 g/mol. The molecule has 3 aromatic carbocycles. The monoisotopic (exact) mass is 490 g/mol. The van der Waals surface area contributed by atoms with Gasteiger partial charge in [0.05, 0.1) is 23.4 Å². The van der Waals surface area contributed by atoms with Gasteiger partial charge in [0.2, 0.25) is 0 Å². The minimum atomic E-state index is -3.91. The molecule has 178 valence electrons. The summed E-state index contributed by atoms with van der Waals surface area (Å²) in [5, 5.41) is 9.13. The Labute approximate surface area is 202 Å². The van der Waals surface area contributed by atoms with Gasteiger partial charge in [-0.25, -0.2) is 13.5 Å². The van der Waals surface area contributed by atoms with Gasteiger partial charge in [-0.3, -0.25) is 13.9 Å². The molecule has 0 radical (unpaired) electrons. The highest BCUT2D eigenvalue weighted by Crippen LogP contribution is 2.25. The van der Waals surface area contributed by atoms with Crippen LogP contribution in [0.1, 0.15) is 10.4 Å². The molecule has 0 unspecified atom stereocenters. The molecule has 0 bridgehead atoms. The first-order valence-corrected chi connectivity index (χ1v) is 11.9. The van der Waals surface area contributed by atoms with Gasteiger partial charge < -0.3 is 10.1 Å². The average Bonchev–Trinajstić information content (AvgIpc) is 2.89. The van der Waals surface area contributed by atoms with Crippen molar-refractivity contribution in [3.05, 3.63) is 101 Å². The Bertz CT molecular complexity index is 1510. The SMILES string of the molecule is COc1ccc(N(C)S(=O)(=O)c2cccc(C(=O)Nc3cccc(-c4ccc(=O)[nH]n4)c3)c2)cc1. The number of aromatic nitrogens is 2. The van der Waals surface area contributed by atoms with Crippen molar-refractivity contribution in [2.75, 3.05) is 23.8 Å². The van der Waals surface area contributed by atoms with Crippen molar-refractivity contribution in [2.24, 2.45) is 0 Å². The number of methoxy groups -OCH3 is 1. The minimum Gasteiger partial charge on any atom is -0.497 e. The van der Waals surface area contributed by atoms with Crippen LogP contribution in [0, 0.1) is 0 Å². The number of H-pyrrole nitrogens is 1. The molecule has 1 amide bonds. The van der Waals surface area contributed by atoms with E-state index in [1.165, 1.54) is 44.5 Å². The maximum Gasteiger partial charge on any atom is 0.264 e. The van der Waals surface area contributed by atoms with Crippen molar-refractivity contribution in [2.45, 2.75) is 4.90 Å². The summed E-state index contributed by atoms with van der Waals surface area (Å²) < 4.78 is 32.6. The van der Waals surface area contributed by atoms with Crippen LogP contribution >= 0.6 is 0 Å². The second kappa shape index (κ2) is 9.82. The van der Waals surface area contributed by atoms with Crippen molar-refractivity contribution in [3.8, 4) is 17.0 Å². The Hall–Kier alpha value is -4.44. The van der Waals surface area contributed by atoms with Crippen LogP contribution in [0.15, 0.2) is 94.6 Å². The summed E-state index contributed by atoms with van der Waals surface area (Å²) in [4.78, 5) is 24.1. The lowest BCUT2D eigenvalue weighted by Gasteiger charge is -2.20. The standard InChI is InChI=1S/C25H22N4O5S/c1-29(20-9-11-21(34-2)12-10-20)35(32,33)22-8-4-6-18(16-22)25(31)26-19-7-3-5-17(15-19)23-13-14-24(30)28-27-23/h3-16H,1-2H3,(H,26,31)(H,28,30). The quantitative estimate of drug-likeness (QED) is 0.409. The Morgan fingerprint density at radius 2 is 1.71 bits per heavy atom. The third kappa shape index (κ3) is 5.22. The number of nitrogens with one attached hydrogen (secondary N) is 2. The number of hydrogen-bond donors (Lipinski definition) is 2. The smallest absolute Gasteiger partial charge is 0.264 e. The number of carbonyl (C=O) groups is 1. The zero-order valence-electron chi connectivity index (χ0n) is 18.9. The van der Waals surface area contributed by atoms with Gasteiger partial charge in [-0.05, 0) is 60.7 Å². The first-order chi connectivity index (χ1) is 16.8. The number of rotatable bonds is 7. The highest BCUT2D eigenvalue weighted by molar-refractivity contribution is 7.92. The number of sulfonamides is 1. The molecular weight excluding hydrogens is 468 g/mol. The van der Waals surface area contributed by atoms with Gasteiger partial charge in [0.15, 0.2) is 0 Å². The summed E-state index contributed by atoms with van der Waals surface area (Å²) in [5.41, 5.74) is 2.04. The number of carbonyl (C=O) groups excluding carboxylic acids is 1. The normalized spacial score (nSPS) is 11.0. The summed E-state index contributed by atoms with van der Waals surface area (Å²) >= 11 is 0. The van der Waals surface area contributed by atoms with Crippen LogP contribution < -0.4 is 19.9 Å². The first-order valence-electron chi connectivity index (χ1n) is 10.5. The Morgan fingerprint density at radius 3 is 2.40 bits per heavy atom. The molecule has 1 aromatic heterocycles. The fourth-order valence-electron chi connectivity index (χ4n) is 3.35. The lowest BCUT2D eigenvalue weighted by molar-refractivity contribution is 0.102. The zero-order chi connectivity index (χ0) is 25.0. The summed E-state index contributed by atoms with van der Waals surface area (Å²) in [7, 11) is -0.936. The number of amides is 1. The summed E-state index contributed by atoms with van der Waals surface area (Å²) in [6, 6.07) is 22.3. The van der Waals surface area contributed by atoms with E-state index < -0.39 is 15.9 Å². The van der Waals surface area contributed by atoms with Gasteiger partial charge in [-0.15, -0.1) is 0 Å². The maximum atomic E-state index is 13.2. The second-order valence-electron chi connectivity index (χ2n) is 7.54. The van der Waals surface area contributed by atoms with E-state index in [0.717, 1.165) is 4.31 Å². The summed E-state index contributed by atoms with van der Waals surface area (Å²) in [6.07, 6.45) is 0. The van der Waals surface area contributed by atoms with Crippen LogP contribution in [0.3, 0.4) is 0 Å². The maximum absolute atomic E-state index is 13.2. The largest absolute Gasteiger partial charge is 0.497 e. The fourth-order valence-corrected chi connectivity index (χ4v) is 4.59. The van der Waals surface area contributed by atoms with Gasteiger partial charge in [-0.1, -0.05) is 18.2 Å². The van der Waals surface area contributed by atoms with Crippen LogP contribution in [0.4, 0.5) is 11.4 Å². The van der Waals surface area contributed by atoms with Gasteiger partial charge >= 0.3 is 0 Å². The van der Waals surface area contributed by atoms with Crippen molar-refractivity contribution in [3.63, 3.8) is 0 Å². The van der Waals surface area contributed by atoms with E-state index in [0.29, 0.717) is 28.4 Å². The van der Waals surface area contributed by atoms with Crippen LogP contribution in [0.25, 0.3) is 11.3 Å². The highest BCUT2D eigenvalue weighted by atomic mass is 32.2. The second-order valence-corrected chi connectivity index (χ2v) is 9.51. The van der Waals surface area contributed by atoms with Crippen molar-refractivity contribution in [1.82, 2.24) is 10.2 Å². The number of nitrogens with zero attached hydrogens (tertiary/aromatic N) is 2. The van der Waals surface area contributed by atoms with Crippen LogP contribution in [0.2, 0.25) is 0 Å². The molecule has 0 fully saturated rings. The van der Waals surface area contributed by atoms with Crippen LogP contribution in [-0.4, -0.2) is 38.7 Å². The van der Waals surface area contributed by atoms with Gasteiger partial charge in [0, 0.05) is 29.9 Å². The van der Waals surface area contributed by atoms with Crippen molar-refractivity contribution >= 4 is 27.3 Å². The molecule has 1 heterocycles. The molecule has 4 aromatic rings. The lowest BCUT2D eigenvalue weighted by Crippen LogP contribution is -2.26. The molecule has 0 aliphatic carbocycles. The van der Waals surface area contributed by atoms with E-state index in [1.807, 2.05) is 0 Å². The van der Waals surface area contributed by atoms with E-state index in [4.69, 9.17) is 4.74 Å². The molecule has 4 rings (SSSR count). The Balaban J connectivity index is 1.55. The van der Waals surface area contributed by atoms with Crippen molar-refractivity contribution in [1.29, 1.82) is 0 Å². The molecule has 35 heavy (non-hydrogen) atoms. The third-order valence-electron chi connectivity index (χ3n) is 5.29. The number of benzene rings is 3. The molecule has 0 saturated heterocycles. The van der Waals surface area contributed by atoms with E-state index in [9.17, 15) is 18.0 Å². The Kier molecular flexibility index (Phi) is 6.65. The molecule has 0 spiro atoms. The Morgan fingerprint density at radius 1 is 0.971 bits per heavy atom. The van der Waals surface area contributed by atoms with Crippen LogP contribution in [0.5, 0.6) is 5.75 Å². The number of aromatic amines is 1. The molecule has 9 nitrogen and oxygen atoms in total. The minimum absolute atomic E-state index is 0.0188. The fraction of sp³-hybridized carbons (Fsp3) is 0.0800. The van der Waals surface area contributed by atoms with Gasteiger partial charge in [0.25, 0.3) is 21.5 Å². The van der Waals surface area contributed by atoms with Gasteiger partial charge in [0.1, 0.15) is 5.75 Å². The molecule has 2 N–H and O–H groups in total. The number of ether oxygens (including phenoxy) is 1. The number of hydrogen-bond acceptors (Lipinski definition) is 6. The van der Waals surface area contributed by atoms with E-state index in [1.54, 1.807) is 54.6 Å². The molecule has 0 aliphatic rings. The summed E-state index contributed by atoms with van der Waals surface area (Å²) in [5.74, 6) is 0.138. The van der Waals surface area contributed by atoms with Gasteiger partial charge in [-0.2, -0.15) is 5.10 Å². The van der Waals surface area contributed by atoms with Crippen molar-refractivity contribution < 1.29 is 17.9 Å². The highest BCUT2D eigenvalue weighted by Gasteiger charge is 2.22. The molecule has 0 aliphatic heterocycles. The zero-order valence-corrected chi connectivity index (χ0v) is 19.7. The predicted molar refractivity (Wildman–Crippen MR) is 133 cm³/mol. The van der Waals surface area contributed by atoms with Crippen LogP contribution in [-0.2, 0) is 10.0 Å². The topological polar surface area (TPSA) is 121 Å². The number of anilines is 2. The van der Waals surface area contributed by atoms with E-state index in [-0.39, 0.29) is 16.0 Å². The lowest BCUT2D eigenvalue weighted by atomic mass is 10.1. The summed E-state index contributed by atoms with van der Waals surface area (Å²) in [6.45, 7) is 0.